The van der Waals surface area contributed by atoms with Gasteiger partial charge in [-0.1, -0.05) is 12.1 Å². The lowest BCUT2D eigenvalue weighted by molar-refractivity contribution is -0.194. The fourth-order valence-electron chi connectivity index (χ4n) is 6.61. The number of hydrogen-bond donors (Lipinski definition) is 2. The summed E-state index contributed by atoms with van der Waals surface area (Å²) in [5.74, 6) is -1.59. The largest absolute Gasteiger partial charge is 0.495 e. The molecule has 4 heterocycles. The Balaban J connectivity index is 1.82. The number of rotatable bonds is 3. The summed E-state index contributed by atoms with van der Waals surface area (Å²) in [5, 5.41) is 22.6. The zero-order valence-corrected chi connectivity index (χ0v) is 16.8. The van der Waals surface area contributed by atoms with Crippen molar-refractivity contribution in [3.05, 3.63) is 23.8 Å². The molecule has 8 heteroatoms. The van der Waals surface area contributed by atoms with Crippen LogP contribution in [0.4, 0.5) is 5.69 Å². The van der Waals surface area contributed by atoms with Gasteiger partial charge in [-0.05, 0) is 25.3 Å². The van der Waals surface area contributed by atoms with Crippen molar-refractivity contribution in [3.63, 3.8) is 0 Å². The van der Waals surface area contributed by atoms with E-state index in [9.17, 15) is 19.8 Å². The van der Waals surface area contributed by atoms with Gasteiger partial charge in [0.15, 0.2) is 0 Å². The predicted molar refractivity (Wildman–Crippen MR) is 102 cm³/mol. The zero-order valence-electron chi connectivity index (χ0n) is 16.8. The molecule has 0 saturated carbocycles. The van der Waals surface area contributed by atoms with Crippen molar-refractivity contribution in [2.24, 2.45) is 17.8 Å². The highest BCUT2D eigenvalue weighted by molar-refractivity contribution is 6.03. The normalized spacial score (nSPS) is 38.4. The molecule has 8 nitrogen and oxygen atoms in total. The first-order valence-corrected chi connectivity index (χ1v) is 10.1. The summed E-state index contributed by atoms with van der Waals surface area (Å²) in [7, 11) is 2.86. The predicted octanol–water partition coefficient (Wildman–Crippen LogP) is 0.451. The van der Waals surface area contributed by atoms with Gasteiger partial charge < -0.3 is 19.7 Å². The highest BCUT2D eigenvalue weighted by atomic mass is 16.5. The van der Waals surface area contributed by atoms with Crippen molar-refractivity contribution in [3.8, 4) is 5.75 Å². The molecule has 5 rings (SSSR count). The van der Waals surface area contributed by atoms with E-state index in [1.165, 1.54) is 14.2 Å². The summed E-state index contributed by atoms with van der Waals surface area (Å²) >= 11 is 0. The van der Waals surface area contributed by atoms with Crippen LogP contribution in [0.2, 0.25) is 0 Å². The Hall–Kier alpha value is -2.16. The van der Waals surface area contributed by atoms with Crippen molar-refractivity contribution in [2.45, 2.75) is 37.1 Å². The Morgan fingerprint density at radius 3 is 2.76 bits per heavy atom. The highest BCUT2D eigenvalue weighted by Gasteiger charge is 2.79. The maximum Gasteiger partial charge on any atom is 0.312 e. The summed E-state index contributed by atoms with van der Waals surface area (Å²) in [6.45, 7) is 2.71. The lowest BCUT2D eigenvalue weighted by Gasteiger charge is -2.61. The van der Waals surface area contributed by atoms with E-state index in [1.54, 1.807) is 24.0 Å². The van der Waals surface area contributed by atoms with Gasteiger partial charge in [-0.2, -0.15) is 0 Å². The van der Waals surface area contributed by atoms with Gasteiger partial charge in [-0.3, -0.25) is 19.4 Å². The number of nitrogens with zero attached hydrogens (tertiary/aromatic N) is 2. The number of piperidine rings is 2. The molecule has 0 aromatic heterocycles. The fourth-order valence-corrected chi connectivity index (χ4v) is 6.61. The molecule has 2 bridgehead atoms. The van der Waals surface area contributed by atoms with Gasteiger partial charge in [0.25, 0.3) is 0 Å². The maximum absolute atomic E-state index is 13.5. The Kier molecular flexibility index (Phi) is 3.85. The number of hydrogen-bond acceptors (Lipinski definition) is 7. The molecule has 0 radical (unpaired) electrons. The lowest BCUT2D eigenvalue weighted by atomic mass is 9.61. The number of aliphatic hydroxyl groups is 2. The molecule has 1 spiro atoms. The fraction of sp³-hybridized carbons (Fsp3) is 0.619. The number of amides is 1. The quantitative estimate of drug-likeness (QED) is 0.708. The number of benzene rings is 1. The molecule has 4 aliphatic heterocycles. The van der Waals surface area contributed by atoms with Crippen molar-refractivity contribution in [2.75, 3.05) is 32.2 Å². The van der Waals surface area contributed by atoms with E-state index >= 15 is 0 Å². The molecule has 6 atom stereocenters. The number of fused-ring (bicyclic) bond motifs is 4. The van der Waals surface area contributed by atoms with Gasteiger partial charge in [-0.25, -0.2) is 0 Å². The SMILES string of the molecule is COC(=O)[C@@H]1[C@@H]2CC(=O)N3c4c(OC)cccc4[C@@]4(O)CCN(C[C@H]2[C@H](C)O)[C@@]134. The van der Waals surface area contributed by atoms with Crippen LogP contribution in [-0.2, 0) is 19.9 Å². The minimum absolute atomic E-state index is 0.110. The summed E-state index contributed by atoms with van der Waals surface area (Å²) in [5.41, 5.74) is -1.54. The van der Waals surface area contributed by atoms with Crippen molar-refractivity contribution in [1.29, 1.82) is 0 Å². The molecule has 1 amide bonds. The van der Waals surface area contributed by atoms with E-state index in [-0.39, 0.29) is 18.2 Å². The third kappa shape index (κ3) is 1.95. The zero-order chi connectivity index (χ0) is 20.7. The third-order valence-electron chi connectivity index (χ3n) is 7.64. The van der Waals surface area contributed by atoms with E-state index in [1.807, 2.05) is 11.0 Å². The van der Waals surface area contributed by atoms with Gasteiger partial charge >= 0.3 is 5.97 Å². The van der Waals surface area contributed by atoms with Crippen LogP contribution in [-0.4, -0.2) is 66.1 Å². The monoisotopic (exact) mass is 402 g/mol. The standard InChI is InChI=1S/C21H26N2O6/c1-11(24)13-10-22-8-7-20(27)14-5-4-6-15(28-2)18(14)23-16(25)9-12(13)17(19(26)29-3)21(20,22)23/h4-6,11-13,17,24,27H,7-10H2,1-3H3/t11-,12+,13-,17-,20-,21-/m0/s1. The molecular weight excluding hydrogens is 376 g/mol. The number of methoxy groups -OCH3 is 2. The topological polar surface area (TPSA) is 99.5 Å². The number of anilines is 1. The molecule has 2 N–H and O–H groups in total. The Bertz CT molecular complexity index is 903. The molecular formula is C21H26N2O6. The van der Waals surface area contributed by atoms with Gasteiger partial charge in [0.1, 0.15) is 22.9 Å². The molecule has 1 aromatic rings. The highest BCUT2D eigenvalue weighted by Crippen LogP contribution is 2.67. The minimum Gasteiger partial charge on any atom is -0.495 e. The number of aliphatic hydroxyl groups excluding tert-OH is 1. The first kappa shape index (κ1) is 18.8. The number of carbonyl (C=O) groups is 2. The van der Waals surface area contributed by atoms with Crippen LogP contribution in [0.5, 0.6) is 5.75 Å². The van der Waals surface area contributed by atoms with E-state index < -0.39 is 35.2 Å². The smallest absolute Gasteiger partial charge is 0.312 e. The van der Waals surface area contributed by atoms with Crippen molar-refractivity contribution in [1.82, 2.24) is 4.90 Å². The van der Waals surface area contributed by atoms with Crippen molar-refractivity contribution < 1.29 is 29.3 Å². The van der Waals surface area contributed by atoms with Crippen LogP contribution in [0.25, 0.3) is 0 Å². The molecule has 4 aliphatic rings. The van der Waals surface area contributed by atoms with E-state index in [2.05, 4.69) is 0 Å². The summed E-state index contributed by atoms with van der Waals surface area (Å²) in [6.07, 6.45) is -0.196. The number of para-hydroxylation sites is 1. The third-order valence-corrected chi connectivity index (χ3v) is 7.64. The van der Waals surface area contributed by atoms with Crippen molar-refractivity contribution >= 4 is 17.6 Å². The van der Waals surface area contributed by atoms with Gasteiger partial charge in [0, 0.05) is 31.0 Å². The maximum atomic E-state index is 13.5. The molecule has 3 saturated heterocycles. The van der Waals surface area contributed by atoms with Crippen LogP contribution < -0.4 is 9.64 Å². The van der Waals surface area contributed by atoms with E-state index in [0.29, 0.717) is 36.5 Å². The molecule has 29 heavy (non-hydrogen) atoms. The number of esters is 1. The van der Waals surface area contributed by atoms with E-state index in [4.69, 9.17) is 9.47 Å². The second kappa shape index (κ2) is 5.93. The lowest BCUT2D eigenvalue weighted by Crippen LogP contribution is -2.78. The molecule has 0 unspecified atom stereocenters. The van der Waals surface area contributed by atoms with Crippen LogP contribution in [0.3, 0.4) is 0 Å². The van der Waals surface area contributed by atoms with Crippen LogP contribution in [0.1, 0.15) is 25.3 Å². The van der Waals surface area contributed by atoms with Gasteiger partial charge in [0.2, 0.25) is 5.91 Å². The summed E-state index contributed by atoms with van der Waals surface area (Å²) < 4.78 is 10.7. The second-order valence-corrected chi connectivity index (χ2v) is 8.64. The first-order chi connectivity index (χ1) is 13.8. The molecule has 0 aliphatic carbocycles. The second-order valence-electron chi connectivity index (χ2n) is 8.64. The molecule has 3 fully saturated rings. The van der Waals surface area contributed by atoms with Crippen LogP contribution >= 0.6 is 0 Å². The Labute approximate surface area is 169 Å². The summed E-state index contributed by atoms with van der Waals surface area (Å²) in [6, 6.07) is 5.37. The van der Waals surface area contributed by atoms with Crippen LogP contribution in [0, 0.1) is 17.8 Å². The summed E-state index contributed by atoms with van der Waals surface area (Å²) in [4.78, 5) is 30.3. The minimum atomic E-state index is -1.42. The Morgan fingerprint density at radius 1 is 1.34 bits per heavy atom. The molecule has 1 aromatic carbocycles. The van der Waals surface area contributed by atoms with E-state index in [0.717, 1.165) is 0 Å². The number of ether oxygens (including phenoxy) is 2. The van der Waals surface area contributed by atoms with Crippen LogP contribution in [0.15, 0.2) is 18.2 Å². The Morgan fingerprint density at radius 2 is 2.10 bits per heavy atom. The average Bonchev–Trinajstić information content (AvgIpc) is 3.10. The van der Waals surface area contributed by atoms with Gasteiger partial charge in [0.05, 0.1) is 26.0 Å². The molecule has 156 valence electrons. The first-order valence-electron chi connectivity index (χ1n) is 10.1. The van der Waals surface area contributed by atoms with Gasteiger partial charge in [-0.15, -0.1) is 0 Å². The number of carbonyl (C=O) groups excluding carboxylic acids is 2. The average molecular weight is 402 g/mol.